The van der Waals surface area contributed by atoms with Crippen molar-refractivity contribution < 1.29 is 27.5 Å². The average molecular weight is 520 g/mol. The van der Waals surface area contributed by atoms with Crippen molar-refractivity contribution in [1.82, 2.24) is 9.21 Å². The van der Waals surface area contributed by atoms with Gasteiger partial charge in [-0.1, -0.05) is 0 Å². The Morgan fingerprint density at radius 2 is 1.86 bits per heavy atom. The highest BCUT2D eigenvalue weighted by Crippen LogP contribution is 2.39. The molecule has 1 unspecified atom stereocenters. The zero-order valence-electron chi connectivity index (χ0n) is 20.1. The zero-order valence-corrected chi connectivity index (χ0v) is 21.7. The lowest BCUT2D eigenvalue weighted by atomic mass is 10.0. The Morgan fingerprint density at radius 3 is 2.51 bits per heavy atom. The van der Waals surface area contributed by atoms with Crippen LogP contribution in [0.4, 0.5) is 10.5 Å². The SMILES string of the molecule is CCN(CC)C(=O)Nc1ccc2c(c1)oc1ccc(S(=O)(=O)N3CCSC(C)(C)C3C(=O)O)cc12. The summed E-state index contributed by atoms with van der Waals surface area (Å²) < 4.78 is 33.4. The summed E-state index contributed by atoms with van der Waals surface area (Å²) in [7, 11) is -4.07. The minimum atomic E-state index is -4.07. The van der Waals surface area contributed by atoms with E-state index in [1.54, 1.807) is 43.0 Å². The van der Waals surface area contributed by atoms with E-state index in [9.17, 15) is 23.1 Å². The van der Waals surface area contributed by atoms with E-state index in [1.807, 2.05) is 13.8 Å². The van der Waals surface area contributed by atoms with Crippen LogP contribution < -0.4 is 5.32 Å². The first-order valence-electron chi connectivity index (χ1n) is 11.4. The summed E-state index contributed by atoms with van der Waals surface area (Å²) in [5, 5.41) is 14.0. The molecule has 0 radical (unpaired) electrons. The van der Waals surface area contributed by atoms with Crippen molar-refractivity contribution >= 4 is 61.4 Å². The molecule has 1 fully saturated rings. The molecule has 1 aliphatic heterocycles. The number of fused-ring (bicyclic) bond motifs is 3. The molecule has 2 amide bonds. The Kier molecular flexibility index (Phi) is 6.78. The lowest BCUT2D eigenvalue weighted by molar-refractivity contribution is -0.142. The molecule has 0 spiro atoms. The van der Waals surface area contributed by atoms with Crippen molar-refractivity contribution in [3.05, 3.63) is 36.4 Å². The van der Waals surface area contributed by atoms with Crippen LogP contribution in [0.5, 0.6) is 0 Å². The monoisotopic (exact) mass is 519 g/mol. The summed E-state index contributed by atoms with van der Waals surface area (Å²) >= 11 is 1.45. The highest BCUT2D eigenvalue weighted by Gasteiger charge is 2.48. The third-order valence-electron chi connectivity index (χ3n) is 6.32. The number of benzene rings is 2. The van der Waals surface area contributed by atoms with Crippen LogP contribution in [0.3, 0.4) is 0 Å². The quantitative estimate of drug-likeness (QED) is 0.494. The number of thioether (sulfide) groups is 1. The molecule has 1 aromatic heterocycles. The molecule has 0 saturated carbocycles. The highest BCUT2D eigenvalue weighted by atomic mass is 32.2. The molecule has 2 aromatic carbocycles. The number of urea groups is 1. The normalized spacial score (nSPS) is 18.6. The molecule has 1 saturated heterocycles. The first-order valence-corrected chi connectivity index (χ1v) is 13.8. The van der Waals surface area contributed by atoms with E-state index in [-0.39, 0.29) is 17.5 Å². The molecular formula is C24H29N3O6S2. The fraction of sp³-hybridized carbons (Fsp3) is 0.417. The zero-order chi connectivity index (χ0) is 25.5. The predicted octanol–water partition coefficient (Wildman–Crippen LogP) is 4.43. The van der Waals surface area contributed by atoms with Crippen molar-refractivity contribution in [1.29, 1.82) is 0 Å². The Bertz CT molecular complexity index is 1400. The van der Waals surface area contributed by atoms with Gasteiger partial charge in [0.2, 0.25) is 10.0 Å². The molecule has 188 valence electrons. The van der Waals surface area contributed by atoms with Gasteiger partial charge in [0.15, 0.2) is 0 Å². The molecule has 2 N–H and O–H groups in total. The number of nitrogens with zero attached hydrogens (tertiary/aromatic N) is 2. The van der Waals surface area contributed by atoms with Gasteiger partial charge in [0.1, 0.15) is 17.2 Å². The van der Waals surface area contributed by atoms with Gasteiger partial charge in [-0.15, -0.1) is 0 Å². The van der Waals surface area contributed by atoms with Crippen LogP contribution in [-0.4, -0.2) is 70.9 Å². The number of carboxylic acids is 1. The van der Waals surface area contributed by atoms with E-state index in [4.69, 9.17) is 4.42 Å². The van der Waals surface area contributed by atoms with Crippen molar-refractivity contribution in [2.75, 3.05) is 30.7 Å². The number of carbonyl (C=O) groups excluding carboxylic acids is 1. The number of nitrogens with one attached hydrogen (secondary N) is 1. The van der Waals surface area contributed by atoms with Crippen LogP contribution in [-0.2, 0) is 14.8 Å². The maximum absolute atomic E-state index is 13.6. The second kappa shape index (κ2) is 9.36. The maximum Gasteiger partial charge on any atom is 0.323 e. The van der Waals surface area contributed by atoms with Gasteiger partial charge in [-0.3, -0.25) is 4.79 Å². The van der Waals surface area contributed by atoms with Gasteiger partial charge in [0, 0.05) is 52.7 Å². The molecule has 0 bridgehead atoms. The van der Waals surface area contributed by atoms with Gasteiger partial charge in [-0.05, 0) is 58.0 Å². The van der Waals surface area contributed by atoms with Crippen LogP contribution in [0.25, 0.3) is 21.9 Å². The molecule has 1 aliphatic rings. The number of aliphatic carboxylic acids is 1. The first kappa shape index (κ1) is 25.3. The standard InChI is InChI=1S/C24H29N3O6S2/c1-5-26(6-2)23(30)25-15-7-9-17-18-14-16(8-10-19(18)33-20(17)13-15)35(31,32)27-11-12-34-24(3,4)21(27)22(28)29/h7-10,13-14,21H,5-6,11-12H2,1-4H3,(H,25,30)(H,28,29). The second-order valence-corrected chi connectivity index (χ2v) is 12.5. The minimum Gasteiger partial charge on any atom is -0.480 e. The average Bonchev–Trinajstić information content (AvgIpc) is 3.15. The summed E-state index contributed by atoms with van der Waals surface area (Å²) in [5.74, 6) is -0.658. The van der Waals surface area contributed by atoms with Gasteiger partial charge in [0.05, 0.1) is 4.90 Å². The molecule has 0 aliphatic carbocycles. The number of amides is 2. The van der Waals surface area contributed by atoms with Gasteiger partial charge in [0.25, 0.3) is 0 Å². The van der Waals surface area contributed by atoms with Gasteiger partial charge in [-0.2, -0.15) is 16.1 Å². The number of hydrogen-bond donors (Lipinski definition) is 2. The van der Waals surface area contributed by atoms with Crippen molar-refractivity contribution in [2.24, 2.45) is 0 Å². The second-order valence-electron chi connectivity index (χ2n) is 8.88. The van der Waals surface area contributed by atoms with Crippen LogP contribution in [0.2, 0.25) is 0 Å². The topological polar surface area (TPSA) is 120 Å². The summed E-state index contributed by atoms with van der Waals surface area (Å²) in [4.78, 5) is 26.1. The number of rotatable bonds is 6. The van der Waals surface area contributed by atoms with Gasteiger partial charge >= 0.3 is 12.0 Å². The molecule has 3 aromatic rings. The molecule has 2 heterocycles. The van der Waals surface area contributed by atoms with Crippen LogP contribution in [0.1, 0.15) is 27.7 Å². The van der Waals surface area contributed by atoms with Crippen molar-refractivity contribution in [3.63, 3.8) is 0 Å². The number of sulfonamides is 1. The Morgan fingerprint density at radius 1 is 1.14 bits per heavy atom. The van der Waals surface area contributed by atoms with Gasteiger partial charge in [-0.25, -0.2) is 13.2 Å². The van der Waals surface area contributed by atoms with Crippen LogP contribution >= 0.6 is 11.8 Å². The Hall–Kier alpha value is -2.76. The summed E-state index contributed by atoms with van der Waals surface area (Å²) in [5.41, 5.74) is 1.57. The number of carbonyl (C=O) groups is 2. The maximum atomic E-state index is 13.6. The van der Waals surface area contributed by atoms with E-state index >= 15 is 0 Å². The lowest BCUT2D eigenvalue weighted by Crippen LogP contribution is -2.58. The molecule has 4 rings (SSSR count). The summed E-state index contributed by atoms with van der Waals surface area (Å²) in [6, 6.07) is 8.37. The number of carboxylic acid groups (broad SMARTS) is 1. The van der Waals surface area contributed by atoms with Crippen molar-refractivity contribution in [2.45, 2.75) is 43.4 Å². The molecule has 35 heavy (non-hydrogen) atoms. The van der Waals surface area contributed by atoms with E-state index in [0.29, 0.717) is 46.5 Å². The lowest BCUT2D eigenvalue weighted by Gasteiger charge is -2.42. The Labute approximate surface area is 208 Å². The molecule has 9 nitrogen and oxygen atoms in total. The smallest absolute Gasteiger partial charge is 0.323 e. The fourth-order valence-corrected chi connectivity index (χ4v) is 7.60. The molecule has 1 atom stereocenters. The molecule has 11 heteroatoms. The van der Waals surface area contributed by atoms with Crippen LogP contribution in [0.15, 0.2) is 45.7 Å². The number of anilines is 1. The van der Waals surface area contributed by atoms with Crippen LogP contribution in [0, 0.1) is 0 Å². The third kappa shape index (κ3) is 4.60. The van der Waals surface area contributed by atoms with E-state index < -0.39 is 26.8 Å². The van der Waals surface area contributed by atoms with Crippen molar-refractivity contribution in [3.8, 4) is 0 Å². The van der Waals surface area contributed by atoms with E-state index in [0.717, 1.165) is 4.31 Å². The summed E-state index contributed by atoms with van der Waals surface area (Å²) in [6.45, 7) is 8.60. The fourth-order valence-electron chi connectivity index (χ4n) is 4.48. The predicted molar refractivity (Wildman–Crippen MR) is 138 cm³/mol. The Balaban J connectivity index is 1.71. The number of hydrogen-bond acceptors (Lipinski definition) is 6. The third-order valence-corrected chi connectivity index (χ3v) is 9.53. The van der Waals surface area contributed by atoms with Gasteiger partial charge < -0.3 is 19.7 Å². The van der Waals surface area contributed by atoms with E-state index in [2.05, 4.69) is 5.32 Å². The highest BCUT2D eigenvalue weighted by molar-refractivity contribution is 8.00. The summed E-state index contributed by atoms with van der Waals surface area (Å²) in [6.07, 6.45) is 0. The first-order chi connectivity index (χ1) is 16.5. The van der Waals surface area contributed by atoms with E-state index in [1.165, 1.54) is 23.9 Å². The minimum absolute atomic E-state index is 0.0144. The molecular weight excluding hydrogens is 490 g/mol. The largest absolute Gasteiger partial charge is 0.480 e. The number of furan rings is 1.